The molecule has 3 rings (SSSR count). The lowest BCUT2D eigenvalue weighted by Gasteiger charge is -2.14. The van der Waals surface area contributed by atoms with Crippen LogP contribution in [0.2, 0.25) is 5.02 Å². The maximum absolute atomic E-state index is 12.5. The van der Waals surface area contributed by atoms with E-state index in [4.69, 9.17) is 11.6 Å². The van der Waals surface area contributed by atoms with Gasteiger partial charge in [-0.25, -0.2) is 8.42 Å². The number of hydrogen-bond donors (Lipinski definition) is 2. The van der Waals surface area contributed by atoms with Crippen molar-refractivity contribution in [1.82, 2.24) is 9.29 Å². The van der Waals surface area contributed by atoms with Crippen molar-refractivity contribution in [3.8, 4) is 0 Å². The molecule has 26 heavy (non-hydrogen) atoms. The molecule has 2 aromatic carbocycles. The Kier molecular flexibility index (Phi) is 5.04. The van der Waals surface area contributed by atoms with Crippen LogP contribution in [0.4, 0.5) is 0 Å². The maximum atomic E-state index is 12.5. The number of rotatable bonds is 6. The lowest BCUT2D eigenvalue weighted by molar-refractivity contribution is -0.138. The van der Waals surface area contributed by atoms with Gasteiger partial charge in [0.05, 0.1) is 4.90 Å². The van der Waals surface area contributed by atoms with Gasteiger partial charge in [-0.2, -0.15) is 4.72 Å². The van der Waals surface area contributed by atoms with Crippen molar-refractivity contribution in [3.05, 3.63) is 65.3 Å². The first-order valence-electron chi connectivity index (χ1n) is 7.81. The smallest absolute Gasteiger partial charge is 0.322 e. The topological polar surface area (TPSA) is 88.4 Å². The summed E-state index contributed by atoms with van der Waals surface area (Å²) in [4.78, 5) is 11.6. The fraction of sp³-hybridized carbons (Fsp3) is 0.167. The monoisotopic (exact) mass is 392 g/mol. The van der Waals surface area contributed by atoms with Gasteiger partial charge in [0, 0.05) is 35.6 Å². The number of aliphatic carboxylic acids is 1. The van der Waals surface area contributed by atoms with Crippen LogP contribution < -0.4 is 4.72 Å². The van der Waals surface area contributed by atoms with E-state index in [1.54, 1.807) is 0 Å². The molecule has 0 saturated heterocycles. The van der Waals surface area contributed by atoms with E-state index in [1.165, 1.54) is 24.3 Å². The Morgan fingerprint density at radius 1 is 1.19 bits per heavy atom. The molecule has 1 heterocycles. The highest BCUT2D eigenvalue weighted by Gasteiger charge is 2.26. The molecule has 2 N–H and O–H groups in total. The summed E-state index contributed by atoms with van der Waals surface area (Å²) in [6.45, 7) is 0. The van der Waals surface area contributed by atoms with Gasteiger partial charge < -0.3 is 9.67 Å². The van der Waals surface area contributed by atoms with Gasteiger partial charge in [-0.05, 0) is 35.9 Å². The van der Waals surface area contributed by atoms with Crippen LogP contribution >= 0.6 is 11.6 Å². The van der Waals surface area contributed by atoms with Crippen molar-refractivity contribution in [3.63, 3.8) is 0 Å². The second-order valence-corrected chi connectivity index (χ2v) is 8.10. The molecule has 1 atom stereocenters. The summed E-state index contributed by atoms with van der Waals surface area (Å²) in [5.41, 5.74) is 1.71. The summed E-state index contributed by atoms with van der Waals surface area (Å²) in [6, 6.07) is 11.8. The third-order valence-corrected chi connectivity index (χ3v) is 5.86. The number of benzene rings is 2. The number of carbonyl (C=O) groups is 1. The average Bonchev–Trinajstić information content (AvgIpc) is 2.91. The minimum absolute atomic E-state index is 0.0313. The van der Waals surface area contributed by atoms with Gasteiger partial charge in [0.2, 0.25) is 10.0 Å². The minimum Gasteiger partial charge on any atom is -0.480 e. The number of hydrogen-bond acceptors (Lipinski definition) is 3. The van der Waals surface area contributed by atoms with Crippen LogP contribution in [0.1, 0.15) is 5.56 Å². The normalized spacial score (nSPS) is 13.0. The van der Waals surface area contributed by atoms with Crippen LogP contribution in [-0.4, -0.2) is 30.1 Å². The van der Waals surface area contributed by atoms with Crippen LogP contribution in [0.5, 0.6) is 0 Å². The van der Waals surface area contributed by atoms with Crippen molar-refractivity contribution in [1.29, 1.82) is 0 Å². The minimum atomic E-state index is -3.98. The van der Waals surface area contributed by atoms with Crippen molar-refractivity contribution in [2.75, 3.05) is 0 Å². The van der Waals surface area contributed by atoms with Crippen molar-refractivity contribution in [2.24, 2.45) is 7.05 Å². The summed E-state index contributed by atoms with van der Waals surface area (Å²) in [5.74, 6) is -1.24. The standard InChI is InChI=1S/C18H17ClN2O4S/c1-21-11-12(15-4-2-3-5-17(15)21)10-16(18(22)23)20-26(24,25)14-8-6-13(19)7-9-14/h2-9,11,16,20H,10H2,1H3,(H,22,23). The van der Waals surface area contributed by atoms with E-state index in [2.05, 4.69) is 4.72 Å². The van der Waals surface area contributed by atoms with E-state index in [0.29, 0.717) is 5.02 Å². The van der Waals surface area contributed by atoms with Gasteiger partial charge in [-0.3, -0.25) is 4.79 Å². The van der Waals surface area contributed by atoms with Gasteiger partial charge in [0.1, 0.15) is 6.04 Å². The fourth-order valence-electron chi connectivity index (χ4n) is 2.86. The first kappa shape index (κ1) is 18.4. The second kappa shape index (κ2) is 7.11. The van der Waals surface area contributed by atoms with Gasteiger partial charge in [-0.1, -0.05) is 29.8 Å². The molecular formula is C18H17ClN2O4S. The highest BCUT2D eigenvalue weighted by Crippen LogP contribution is 2.22. The van der Waals surface area contributed by atoms with Crippen LogP contribution in [0.25, 0.3) is 10.9 Å². The molecule has 0 amide bonds. The van der Waals surface area contributed by atoms with Crippen LogP contribution in [-0.2, 0) is 28.3 Å². The lowest BCUT2D eigenvalue weighted by Crippen LogP contribution is -2.42. The number of nitrogens with one attached hydrogen (secondary N) is 1. The second-order valence-electron chi connectivity index (χ2n) is 5.95. The molecule has 0 bridgehead atoms. The Morgan fingerprint density at radius 2 is 1.85 bits per heavy atom. The number of sulfonamides is 1. The fourth-order valence-corrected chi connectivity index (χ4v) is 4.17. The Balaban J connectivity index is 1.90. The molecule has 0 saturated carbocycles. The maximum Gasteiger partial charge on any atom is 0.322 e. The zero-order chi connectivity index (χ0) is 18.9. The number of aryl methyl sites for hydroxylation is 1. The van der Waals surface area contributed by atoms with Crippen molar-refractivity contribution >= 4 is 38.5 Å². The van der Waals surface area contributed by atoms with Gasteiger partial charge >= 0.3 is 5.97 Å². The molecule has 3 aromatic rings. The molecular weight excluding hydrogens is 376 g/mol. The first-order valence-corrected chi connectivity index (χ1v) is 9.67. The third kappa shape index (κ3) is 3.75. The molecule has 8 heteroatoms. The molecule has 1 unspecified atom stereocenters. The molecule has 1 aromatic heterocycles. The number of fused-ring (bicyclic) bond motifs is 1. The lowest BCUT2D eigenvalue weighted by atomic mass is 10.1. The Hall–Kier alpha value is -2.35. The highest BCUT2D eigenvalue weighted by atomic mass is 35.5. The summed E-state index contributed by atoms with van der Waals surface area (Å²) in [5, 5.41) is 10.8. The average molecular weight is 393 g/mol. The Labute approximate surface area is 156 Å². The molecule has 0 radical (unpaired) electrons. The summed E-state index contributed by atoms with van der Waals surface area (Å²) in [7, 11) is -2.12. The van der Waals surface area contributed by atoms with E-state index in [9.17, 15) is 18.3 Å². The Bertz CT molecular complexity index is 1060. The zero-order valence-electron chi connectivity index (χ0n) is 13.9. The highest BCUT2D eigenvalue weighted by molar-refractivity contribution is 7.89. The number of carboxylic acid groups (broad SMARTS) is 1. The van der Waals surface area contributed by atoms with Crippen LogP contribution in [0.15, 0.2) is 59.6 Å². The van der Waals surface area contributed by atoms with E-state index in [0.717, 1.165) is 16.5 Å². The zero-order valence-corrected chi connectivity index (χ0v) is 15.5. The largest absolute Gasteiger partial charge is 0.480 e. The number of nitrogens with zero attached hydrogens (tertiary/aromatic N) is 1. The molecule has 0 aliphatic rings. The molecule has 136 valence electrons. The summed E-state index contributed by atoms with van der Waals surface area (Å²) >= 11 is 5.77. The molecule has 0 fully saturated rings. The number of halogens is 1. The molecule has 0 aliphatic heterocycles. The van der Waals surface area contributed by atoms with Gasteiger partial charge in [0.25, 0.3) is 0 Å². The number of aromatic nitrogens is 1. The Morgan fingerprint density at radius 3 is 2.50 bits per heavy atom. The number of carboxylic acids is 1. The molecule has 0 aliphatic carbocycles. The predicted molar refractivity (Wildman–Crippen MR) is 99.8 cm³/mol. The molecule has 0 spiro atoms. The van der Waals surface area contributed by atoms with Crippen LogP contribution in [0.3, 0.4) is 0 Å². The van der Waals surface area contributed by atoms with Gasteiger partial charge in [0.15, 0.2) is 0 Å². The van der Waals surface area contributed by atoms with Crippen LogP contribution in [0, 0.1) is 0 Å². The summed E-state index contributed by atoms with van der Waals surface area (Å²) in [6.07, 6.45) is 1.85. The molecule has 6 nitrogen and oxygen atoms in total. The van der Waals surface area contributed by atoms with Crippen molar-refractivity contribution < 1.29 is 18.3 Å². The SMILES string of the molecule is Cn1cc(CC(NS(=O)(=O)c2ccc(Cl)cc2)C(=O)O)c2ccccc21. The third-order valence-electron chi connectivity index (χ3n) is 4.12. The summed E-state index contributed by atoms with van der Waals surface area (Å²) < 4.78 is 29.1. The van der Waals surface area contributed by atoms with Gasteiger partial charge in [-0.15, -0.1) is 0 Å². The predicted octanol–water partition coefficient (Wildman–Crippen LogP) is 2.81. The van der Waals surface area contributed by atoms with E-state index in [-0.39, 0.29) is 11.3 Å². The first-order chi connectivity index (χ1) is 12.3. The quantitative estimate of drug-likeness (QED) is 0.675. The van der Waals surface area contributed by atoms with E-state index < -0.39 is 22.0 Å². The van der Waals surface area contributed by atoms with E-state index in [1.807, 2.05) is 42.1 Å². The van der Waals surface area contributed by atoms with Crippen molar-refractivity contribution in [2.45, 2.75) is 17.4 Å². The van der Waals surface area contributed by atoms with E-state index >= 15 is 0 Å². The number of para-hydroxylation sites is 1.